The zero-order chi connectivity index (χ0) is 17.0. The van der Waals surface area contributed by atoms with Gasteiger partial charge in [0, 0.05) is 23.9 Å². The van der Waals surface area contributed by atoms with E-state index in [0.29, 0.717) is 13.0 Å². The van der Waals surface area contributed by atoms with Crippen LogP contribution in [0.2, 0.25) is 0 Å². The highest BCUT2D eigenvalue weighted by Gasteiger charge is 2.33. The summed E-state index contributed by atoms with van der Waals surface area (Å²) in [5, 5.41) is 4.89. The van der Waals surface area contributed by atoms with Gasteiger partial charge in [-0.2, -0.15) is 0 Å². The number of rotatable bonds is 4. The predicted octanol–water partition coefficient (Wildman–Crippen LogP) is 3.40. The molecule has 0 bridgehead atoms. The Hall–Kier alpha value is -1.56. The molecule has 23 heavy (non-hydrogen) atoms. The fourth-order valence-electron chi connectivity index (χ4n) is 2.84. The Morgan fingerprint density at radius 2 is 2.13 bits per heavy atom. The minimum Gasteiger partial charge on any atom is -0.444 e. The maximum atomic E-state index is 12.5. The van der Waals surface area contributed by atoms with Crippen molar-refractivity contribution >= 4 is 23.3 Å². The molecule has 128 valence electrons. The topological polar surface area (TPSA) is 58.6 Å². The van der Waals surface area contributed by atoms with Crippen LogP contribution in [0.1, 0.15) is 44.9 Å². The number of carbonyl (C=O) groups excluding carboxylic acids is 2. The highest BCUT2D eigenvalue weighted by Crippen LogP contribution is 2.28. The third-order valence-corrected chi connectivity index (χ3v) is 4.71. The Labute approximate surface area is 142 Å². The predicted molar refractivity (Wildman–Crippen MR) is 91.3 cm³/mol. The molecule has 1 heterocycles. The van der Waals surface area contributed by atoms with Gasteiger partial charge >= 0.3 is 6.09 Å². The zero-order valence-electron chi connectivity index (χ0n) is 14.3. The number of alkyl carbamates (subject to hydrolysis) is 1. The SMILES string of the molecule is CN(Cc1cccs1)C(=O)[C@H]1CC[C@H](NC(=O)OC(C)(C)C)C1. The molecule has 1 aromatic heterocycles. The van der Waals surface area contributed by atoms with E-state index in [-0.39, 0.29) is 17.9 Å². The summed E-state index contributed by atoms with van der Waals surface area (Å²) in [7, 11) is 1.84. The van der Waals surface area contributed by atoms with Crippen LogP contribution in [-0.4, -0.2) is 35.6 Å². The smallest absolute Gasteiger partial charge is 0.407 e. The number of ether oxygens (including phenoxy) is 1. The third kappa shape index (κ3) is 5.53. The molecular formula is C17H26N2O3S. The average Bonchev–Trinajstić information content (AvgIpc) is 3.07. The van der Waals surface area contributed by atoms with Gasteiger partial charge in [-0.1, -0.05) is 6.07 Å². The number of hydrogen-bond donors (Lipinski definition) is 1. The van der Waals surface area contributed by atoms with Crippen molar-refractivity contribution in [3.8, 4) is 0 Å². The maximum absolute atomic E-state index is 12.5. The lowest BCUT2D eigenvalue weighted by molar-refractivity contribution is -0.134. The van der Waals surface area contributed by atoms with Crippen LogP contribution in [0.5, 0.6) is 0 Å². The van der Waals surface area contributed by atoms with E-state index < -0.39 is 11.7 Å². The summed E-state index contributed by atoms with van der Waals surface area (Å²) < 4.78 is 5.27. The van der Waals surface area contributed by atoms with Crippen LogP contribution in [0.25, 0.3) is 0 Å². The van der Waals surface area contributed by atoms with Crippen LogP contribution in [0.15, 0.2) is 17.5 Å². The molecule has 0 unspecified atom stereocenters. The summed E-state index contributed by atoms with van der Waals surface area (Å²) in [5.74, 6) is 0.145. The molecule has 1 aromatic rings. The normalized spacial score (nSPS) is 21.0. The highest BCUT2D eigenvalue weighted by atomic mass is 32.1. The molecule has 1 fully saturated rings. The third-order valence-electron chi connectivity index (χ3n) is 3.85. The molecule has 0 aliphatic heterocycles. The van der Waals surface area contributed by atoms with Crippen molar-refractivity contribution in [3.05, 3.63) is 22.4 Å². The molecule has 2 atom stereocenters. The van der Waals surface area contributed by atoms with Gasteiger partial charge in [-0.25, -0.2) is 4.79 Å². The van der Waals surface area contributed by atoms with Crippen molar-refractivity contribution in [1.82, 2.24) is 10.2 Å². The van der Waals surface area contributed by atoms with Crippen molar-refractivity contribution in [2.75, 3.05) is 7.05 Å². The van der Waals surface area contributed by atoms with E-state index in [9.17, 15) is 9.59 Å². The number of carbonyl (C=O) groups is 2. The second kappa shape index (κ2) is 7.34. The summed E-state index contributed by atoms with van der Waals surface area (Å²) >= 11 is 1.66. The van der Waals surface area contributed by atoms with E-state index in [1.165, 1.54) is 4.88 Å². The Balaban J connectivity index is 1.80. The molecule has 0 aromatic carbocycles. The molecule has 1 aliphatic rings. The fraction of sp³-hybridized carbons (Fsp3) is 0.647. The Morgan fingerprint density at radius 3 is 2.74 bits per heavy atom. The summed E-state index contributed by atoms with van der Waals surface area (Å²) in [6.07, 6.45) is 1.92. The van der Waals surface area contributed by atoms with Crippen molar-refractivity contribution in [2.24, 2.45) is 5.92 Å². The molecule has 2 amide bonds. The molecule has 2 rings (SSSR count). The second-order valence-electron chi connectivity index (χ2n) is 7.13. The Bertz CT molecular complexity index is 537. The van der Waals surface area contributed by atoms with Gasteiger partial charge in [0.15, 0.2) is 0 Å². The maximum Gasteiger partial charge on any atom is 0.407 e. The molecule has 0 saturated heterocycles. The van der Waals surface area contributed by atoms with Crippen molar-refractivity contribution in [2.45, 2.75) is 58.2 Å². The first kappa shape index (κ1) is 17.8. The van der Waals surface area contributed by atoms with Crippen LogP contribution < -0.4 is 5.32 Å². The Morgan fingerprint density at radius 1 is 1.39 bits per heavy atom. The highest BCUT2D eigenvalue weighted by molar-refractivity contribution is 7.09. The van der Waals surface area contributed by atoms with Gasteiger partial charge < -0.3 is 15.0 Å². The van der Waals surface area contributed by atoms with E-state index in [1.54, 1.807) is 16.2 Å². The number of amides is 2. The molecule has 1 saturated carbocycles. The summed E-state index contributed by atoms with van der Waals surface area (Å²) in [4.78, 5) is 27.3. The first-order valence-corrected chi connectivity index (χ1v) is 8.89. The minimum absolute atomic E-state index is 0.0140. The molecular weight excluding hydrogens is 312 g/mol. The van der Waals surface area contributed by atoms with E-state index >= 15 is 0 Å². The average molecular weight is 338 g/mol. The minimum atomic E-state index is -0.501. The van der Waals surface area contributed by atoms with E-state index in [4.69, 9.17) is 4.74 Å². The van der Waals surface area contributed by atoms with Crippen LogP contribution in [-0.2, 0) is 16.1 Å². The summed E-state index contributed by atoms with van der Waals surface area (Å²) in [6.45, 7) is 6.17. The summed E-state index contributed by atoms with van der Waals surface area (Å²) in [6, 6.07) is 4.05. The molecule has 1 N–H and O–H groups in total. The Kier molecular flexibility index (Phi) is 5.68. The number of nitrogens with zero attached hydrogens (tertiary/aromatic N) is 1. The van der Waals surface area contributed by atoms with Crippen LogP contribution in [0.4, 0.5) is 4.79 Å². The lowest BCUT2D eigenvalue weighted by Gasteiger charge is -2.22. The van der Waals surface area contributed by atoms with Gasteiger partial charge in [-0.3, -0.25) is 4.79 Å². The molecule has 0 spiro atoms. The quantitative estimate of drug-likeness (QED) is 0.915. The second-order valence-corrected chi connectivity index (χ2v) is 8.16. The van der Waals surface area contributed by atoms with Crippen LogP contribution in [0, 0.1) is 5.92 Å². The lowest BCUT2D eigenvalue weighted by atomic mass is 10.1. The van der Waals surface area contributed by atoms with Gasteiger partial charge in [0.05, 0.1) is 6.54 Å². The van der Waals surface area contributed by atoms with Crippen molar-refractivity contribution in [3.63, 3.8) is 0 Å². The first-order chi connectivity index (χ1) is 10.7. The molecule has 1 aliphatic carbocycles. The standard InChI is InChI=1S/C17H26N2O3S/c1-17(2,3)22-16(21)18-13-8-7-12(10-13)15(20)19(4)11-14-6-5-9-23-14/h5-6,9,12-13H,7-8,10-11H2,1-4H3,(H,18,21)/t12-,13-/m0/s1. The van der Waals surface area contributed by atoms with Crippen LogP contribution >= 0.6 is 11.3 Å². The number of thiophene rings is 1. The van der Waals surface area contributed by atoms with Gasteiger partial charge in [0.25, 0.3) is 0 Å². The van der Waals surface area contributed by atoms with Crippen molar-refractivity contribution in [1.29, 1.82) is 0 Å². The first-order valence-electron chi connectivity index (χ1n) is 8.01. The number of nitrogens with one attached hydrogen (secondary N) is 1. The fourth-order valence-corrected chi connectivity index (χ4v) is 3.59. The van der Waals surface area contributed by atoms with E-state index in [0.717, 1.165) is 12.8 Å². The van der Waals surface area contributed by atoms with Gasteiger partial charge in [0.2, 0.25) is 5.91 Å². The van der Waals surface area contributed by atoms with E-state index in [2.05, 4.69) is 5.32 Å². The monoisotopic (exact) mass is 338 g/mol. The largest absolute Gasteiger partial charge is 0.444 e. The molecule has 6 heteroatoms. The zero-order valence-corrected chi connectivity index (χ0v) is 15.1. The van der Waals surface area contributed by atoms with Gasteiger partial charge in [-0.05, 0) is 51.5 Å². The molecule has 5 nitrogen and oxygen atoms in total. The lowest BCUT2D eigenvalue weighted by Crippen LogP contribution is -2.38. The van der Waals surface area contributed by atoms with Gasteiger partial charge in [-0.15, -0.1) is 11.3 Å². The number of hydrogen-bond acceptors (Lipinski definition) is 4. The van der Waals surface area contributed by atoms with E-state index in [1.807, 2.05) is 45.3 Å². The summed E-state index contributed by atoms with van der Waals surface area (Å²) in [5.41, 5.74) is -0.501. The van der Waals surface area contributed by atoms with Gasteiger partial charge in [0.1, 0.15) is 5.60 Å². The van der Waals surface area contributed by atoms with Crippen molar-refractivity contribution < 1.29 is 14.3 Å². The van der Waals surface area contributed by atoms with Crippen LogP contribution in [0.3, 0.4) is 0 Å². The molecule has 0 radical (unpaired) electrons.